The lowest BCUT2D eigenvalue weighted by atomic mass is 9.92. The van der Waals surface area contributed by atoms with Crippen LogP contribution in [0.3, 0.4) is 0 Å². The van der Waals surface area contributed by atoms with E-state index in [1.54, 1.807) is 18.0 Å². The fraction of sp³-hybridized carbons (Fsp3) is 0.478. The van der Waals surface area contributed by atoms with Gasteiger partial charge in [0.05, 0.1) is 19.0 Å². The van der Waals surface area contributed by atoms with Gasteiger partial charge in [0.15, 0.2) is 29.3 Å². The van der Waals surface area contributed by atoms with Gasteiger partial charge in [-0.25, -0.2) is 13.5 Å². The second-order valence-electron chi connectivity index (χ2n) is 9.21. The van der Waals surface area contributed by atoms with Crippen LogP contribution in [0.5, 0.6) is 11.6 Å². The lowest BCUT2D eigenvalue weighted by molar-refractivity contribution is 0.191. The molecule has 12 heteroatoms. The standard InChI is InChI=1S/C23H24F3N7O2/c1-34-18-8-14(9-27-30-18)32-10-12-2-3-13(11-32)21(12)28-23-29-22-17(6-7-33(22)31-23)35-16-5-4-15(24)19(25)20(16)26/h4-5,8-9,12-13,17,21H,2-3,6-7,10-11H2,1H3,(H,28,31)/t12-,13+,17-,21-/m1/s1. The molecule has 3 aromatic rings. The molecule has 0 spiro atoms. The number of aromatic nitrogens is 5. The Balaban J connectivity index is 1.15. The first kappa shape index (κ1) is 21.9. The van der Waals surface area contributed by atoms with Crippen molar-refractivity contribution < 1.29 is 22.6 Å². The normalized spacial score (nSPS) is 25.0. The molecule has 1 saturated heterocycles. The third kappa shape index (κ3) is 3.90. The molecule has 2 bridgehead atoms. The number of ether oxygens (including phenoxy) is 2. The van der Waals surface area contributed by atoms with Crippen molar-refractivity contribution in [3.63, 3.8) is 0 Å². The quantitative estimate of drug-likeness (QED) is 0.530. The predicted octanol–water partition coefficient (Wildman–Crippen LogP) is 3.34. The Morgan fingerprint density at radius 3 is 2.63 bits per heavy atom. The van der Waals surface area contributed by atoms with Gasteiger partial charge in [-0.05, 0) is 36.8 Å². The minimum Gasteiger partial charge on any atom is -0.480 e. The second-order valence-corrected chi connectivity index (χ2v) is 9.21. The van der Waals surface area contributed by atoms with Crippen molar-refractivity contribution in [2.75, 3.05) is 30.4 Å². The highest BCUT2D eigenvalue weighted by Crippen LogP contribution is 2.40. The molecule has 4 heterocycles. The van der Waals surface area contributed by atoms with Crippen molar-refractivity contribution in [2.24, 2.45) is 11.8 Å². The molecule has 0 amide bonds. The molecule has 2 aromatic heterocycles. The molecule has 0 unspecified atom stereocenters. The first-order chi connectivity index (χ1) is 17.0. The van der Waals surface area contributed by atoms with E-state index in [0.717, 1.165) is 43.8 Å². The summed E-state index contributed by atoms with van der Waals surface area (Å²) in [4.78, 5) is 6.92. The zero-order valence-corrected chi connectivity index (χ0v) is 19.0. The molecule has 4 atom stereocenters. The summed E-state index contributed by atoms with van der Waals surface area (Å²) in [6, 6.07) is 4.07. The highest BCUT2D eigenvalue weighted by molar-refractivity contribution is 5.48. The number of piperidine rings is 1. The zero-order valence-electron chi connectivity index (χ0n) is 19.0. The van der Waals surface area contributed by atoms with Gasteiger partial charge in [-0.15, -0.1) is 10.2 Å². The van der Waals surface area contributed by atoms with E-state index in [1.165, 1.54) is 0 Å². The molecule has 0 radical (unpaired) electrons. The SMILES string of the molecule is COc1cc(N2C[C@H]3CC[C@@H](C2)[C@@H]3Nc2nc3n(n2)CC[C@H]3Oc2ccc(F)c(F)c2F)cnn1. The van der Waals surface area contributed by atoms with E-state index in [2.05, 4.69) is 30.5 Å². The summed E-state index contributed by atoms with van der Waals surface area (Å²) in [6.07, 6.45) is 3.88. The molecular weight excluding hydrogens is 463 g/mol. The molecule has 184 valence electrons. The minimum absolute atomic E-state index is 0.231. The van der Waals surface area contributed by atoms with Crippen LogP contribution in [0.2, 0.25) is 0 Å². The van der Waals surface area contributed by atoms with Crippen LogP contribution in [0.4, 0.5) is 24.8 Å². The fourth-order valence-electron chi connectivity index (χ4n) is 5.48. The number of anilines is 2. The average Bonchev–Trinajstić information content (AvgIpc) is 3.50. The first-order valence-corrected chi connectivity index (χ1v) is 11.6. The molecule has 1 aliphatic carbocycles. The largest absolute Gasteiger partial charge is 0.480 e. The van der Waals surface area contributed by atoms with Gasteiger partial charge in [-0.3, -0.25) is 0 Å². The summed E-state index contributed by atoms with van der Waals surface area (Å²) in [6.45, 7) is 2.29. The summed E-state index contributed by atoms with van der Waals surface area (Å²) in [5.74, 6) is -2.13. The average molecular weight is 487 g/mol. The van der Waals surface area contributed by atoms with Gasteiger partial charge < -0.3 is 19.7 Å². The van der Waals surface area contributed by atoms with E-state index in [4.69, 9.17) is 9.47 Å². The summed E-state index contributed by atoms with van der Waals surface area (Å²) in [7, 11) is 1.58. The number of fused-ring (bicyclic) bond motifs is 3. The molecule has 9 nitrogen and oxygen atoms in total. The van der Waals surface area contributed by atoms with Crippen LogP contribution >= 0.6 is 0 Å². The molecule has 35 heavy (non-hydrogen) atoms. The van der Waals surface area contributed by atoms with Crippen molar-refractivity contribution >= 4 is 11.6 Å². The second kappa shape index (κ2) is 8.58. The van der Waals surface area contributed by atoms with Gasteiger partial charge in [0.1, 0.15) is 0 Å². The Bertz CT molecular complexity index is 1240. The minimum atomic E-state index is -1.55. The number of aryl methyl sites for hydroxylation is 1. The monoisotopic (exact) mass is 487 g/mol. The van der Waals surface area contributed by atoms with Crippen molar-refractivity contribution in [3.8, 4) is 11.6 Å². The fourth-order valence-corrected chi connectivity index (χ4v) is 5.48. The number of benzene rings is 1. The lowest BCUT2D eigenvalue weighted by Gasteiger charge is -2.39. The Morgan fingerprint density at radius 2 is 1.86 bits per heavy atom. The van der Waals surface area contributed by atoms with Gasteiger partial charge in [0, 0.05) is 38.2 Å². The van der Waals surface area contributed by atoms with Crippen molar-refractivity contribution in [1.29, 1.82) is 0 Å². The summed E-state index contributed by atoms with van der Waals surface area (Å²) in [5, 5.41) is 16.1. The van der Waals surface area contributed by atoms with Crippen LogP contribution in [0, 0.1) is 29.3 Å². The molecule has 2 fully saturated rings. The number of hydrogen-bond donors (Lipinski definition) is 1. The van der Waals surface area contributed by atoms with Crippen LogP contribution in [0.25, 0.3) is 0 Å². The van der Waals surface area contributed by atoms with E-state index < -0.39 is 23.6 Å². The maximum atomic E-state index is 14.1. The number of rotatable bonds is 6. The molecule has 1 saturated carbocycles. The lowest BCUT2D eigenvalue weighted by Crippen LogP contribution is -2.48. The van der Waals surface area contributed by atoms with Crippen LogP contribution < -0.4 is 19.7 Å². The number of hydrogen-bond acceptors (Lipinski definition) is 8. The zero-order chi connectivity index (χ0) is 24.1. The number of nitrogens with one attached hydrogen (secondary N) is 1. The van der Waals surface area contributed by atoms with Crippen molar-refractivity contribution in [2.45, 2.75) is 38.0 Å². The first-order valence-electron chi connectivity index (χ1n) is 11.6. The topological polar surface area (TPSA) is 90.2 Å². The van der Waals surface area contributed by atoms with Gasteiger partial charge in [0.2, 0.25) is 17.6 Å². The Labute approximate surface area is 199 Å². The van der Waals surface area contributed by atoms with Crippen LogP contribution in [-0.2, 0) is 6.54 Å². The van der Waals surface area contributed by atoms with Crippen molar-refractivity contribution in [3.05, 3.63) is 47.7 Å². The van der Waals surface area contributed by atoms with Gasteiger partial charge in [-0.1, -0.05) is 0 Å². The predicted molar refractivity (Wildman–Crippen MR) is 119 cm³/mol. The Morgan fingerprint density at radius 1 is 1.06 bits per heavy atom. The number of methoxy groups -OCH3 is 1. The third-order valence-corrected chi connectivity index (χ3v) is 7.18. The maximum absolute atomic E-state index is 14.1. The number of halogens is 3. The van der Waals surface area contributed by atoms with E-state index in [1.807, 2.05) is 6.07 Å². The van der Waals surface area contributed by atoms with Gasteiger partial charge >= 0.3 is 0 Å². The summed E-state index contributed by atoms with van der Waals surface area (Å²) >= 11 is 0. The van der Waals surface area contributed by atoms with Gasteiger partial charge in [0.25, 0.3) is 0 Å². The van der Waals surface area contributed by atoms with Crippen LogP contribution in [0.15, 0.2) is 24.4 Å². The summed E-state index contributed by atoms with van der Waals surface area (Å²) < 4.78 is 53.5. The smallest absolute Gasteiger partial charge is 0.242 e. The van der Waals surface area contributed by atoms with Crippen molar-refractivity contribution in [1.82, 2.24) is 25.0 Å². The Kier molecular flexibility index (Phi) is 5.37. The van der Waals surface area contributed by atoms with E-state index in [9.17, 15) is 13.2 Å². The number of nitrogens with zero attached hydrogens (tertiary/aromatic N) is 6. The van der Waals surface area contributed by atoms with Crippen LogP contribution in [-0.4, -0.2) is 51.2 Å². The molecule has 1 N–H and O–H groups in total. The maximum Gasteiger partial charge on any atom is 0.242 e. The third-order valence-electron chi connectivity index (χ3n) is 7.18. The van der Waals surface area contributed by atoms with Gasteiger partial charge in [-0.2, -0.15) is 14.5 Å². The molecular formula is C23H24F3N7O2. The highest BCUT2D eigenvalue weighted by Gasteiger charge is 2.43. The summed E-state index contributed by atoms with van der Waals surface area (Å²) in [5.41, 5.74) is 0.996. The Hall–Kier alpha value is -3.57. The van der Waals surface area contributed by atoms with E-state index in [-0.39, 0.29) is 11.8 Å². The highest BCUT2D eigenvalue weighted by atomic mass is 19.2. The molecule has 3 aliphatic rings. The molecule has 1 aromatic carbocycles. The van der Waals surface area contributed by atoms with Crippen LogP contribution in [0.1, 0.15) is 31.2 Å². The van der Waals surface area contributed by atoms with E-state index >= 15 is 0 Å². The van der Waals surface area contributed by atoms with E-state index in [0.29, 0.717) is 42.5 Å². The molecule has 6 rings (SSSR count). The molecule has 2 aliphatic heterocycles.